The smallest absolute Gasteiger partial charge is 0.524 e. The monoisotopic (exact) mass is 397 g/mol. The first-order chi connectivity index (χ1) is 14.3. The van der Waals surface area contributed by atoms with Gasteiger partial charge in [0.2, 0.25) is 0 Å². The topological polar surface area (TPSA) is 41.9 Å². The molecule has 150 valence electrons. The SMILES string of the molecule is CC(C)(O)C(C)(C)OBc1ccc2c(c1)OB1c3ccccc3-c3ccccc3N12. The first kappa shape index (κ1) is 19.3. The highest BCUT2D eigenvalue weighted by Crippen LogP contribution is 2.46. The van der Waals surface area contributed by atoms with Gasteiger partial charge in [0.15, 0.2) is 0 Å². The Morgan fingerprint density at radius 3 is 2.37 bits per heavy atom. The molecule has 0 aromatic heterocycles. The third-order valence-electron chi connectivity index (χ3n) is 6.51. The van der Waals surface area contributed by atoms with E-state index in [0.717, 1.165) is 22.6 Å². The summed E-state index contributed by atoms with van der Waals surface area (Å²) in [5.74, 6) is 0.855. The summed E-state index contributed by atoms with van der Waals surface area (Å²) in [4.78, 5) is 2.28. The molecule has 1 N–H and O–H groups in total. The minimum absolute atomic E-state index is 0.171. The molecule has 2 aliphatic heterocycles. The molecule has 0 saturated heterocycles. The Morgan fingerprint density at radius 2 is 1.60 bits per heavy atom. The molecule has 2 heterocycles. The number of aliphatic hydroxyl groups is 1. The third-order valence-corrected chi connectivity index (χ3v) is 6.51. The van der Waals surface area contributed by atoms with Gasteiger partial charge < -0.3 is 19.2 Å². The molecular weight excluding hydrogens is 372 g/mol. The van der Waals surface area contributed by atoms with Crippen molar-refractivity contribution in [1.29, 1.82) is 0 Å². The first-order valence-electron chi connectivity index (χ1n) is 10.4. The van der Waals surface area contributed by atoms with Gasteiger partial charge in [-0.05, 0) is 62.4 Å². The van der Waals surface area contributed by atoms with Gasteiger partial charge in [-0.1, -0.05) is 48.5 Å². The van der Waals surface area contributed by atoms with Crippen molar-refractivity contribution in [2.24, 2.45) is 0 Å². The number of benzene rings is 3. The minimum Gasteiger partial charge on any atom is -0.536 e. The molecule has 5 rings (SSSR count). The molecule has 6 heteroatoms. The minimum atomic E-state index is -0.936. The van der Waals surface area contributed by atoms with Gasteiger partial charge in [0, 0.05) is 11.3 Å². The van der Waals surface area contributed by atoms with Crippen molar-refractivity contribution in [3.63, 3.8) is 0 Å². The zero-order chi connectivity index (χ0) is 21.1. The molecule has 4 nitrogen and oxygen atoms in total. The molecular formula is C24H25B2NO3. The molecule has 0 fully saturated rings. The van der Waals surface area contributed by atoms with E-state index in [1.807, 2.05) is 13.8 Å². The van der Waals surface area contributed by atoms with Crippen LogP contribution >= 0.6 is 0 Å². The number of nitrogens with zero attached hydrogens (tertiary/aromatic N) is 1. The van der Waals surface area contributed by atoms with Crippen molar-refractivity contribution in [3.05, 3.63) is 66.7 Å². The van der Waals surface area contributed by atoms with Crippen molar-refractivity contribution in [1.82, 2.24) is 0 Å². The van der Waals surface area contributed by atoms with Gasteiger partial charge in [0.1, 0.15) is 5.75 Å². The maximum atomic E-state index is 10.3. The zero-order valence-electron chi connectivity index (χ0n) is 17.8. The van der Waals surface area contributed by atoms with Crippen molar-refractivity contribution < 1.29 is 14.4 Å². The molecule has 3 aromatic carbocycles. The van der Waals surface area contributed by atoms with Gasteiger partial charge in [-0.25, -0.2) is 0 Å². The predicted molar refractivity (Wildman–Crippen MR) is 125 cm³/mol. The zero-order valence-corrected chi connectivity index (χ0v) is 17.8. The Morgan fingerprint density at radius 1 is 0.900 bits per heavy atom. The lowest BCUT2D eigenvalue weighted by Crippen LogP contribution is -2.50. The van der Waals surface area contributed by atoms with Crippen molar-refractivity contribution >= 4 is 36.8 Å². The molecule has 0 aliphatic carbocycles. The molecule has 0 amide bonds. The van der Waals surface area contributed by atoms with Crippen molar-refractivity contribution in [2.45, 2.75) is 38.9 Å². The van der Waals surface area contributed by atoms with E-state index >= 15 is 0 Å². The molecule has 2 aliphatic rings. The van der Waals surface area contributed by atoms with E-state index in [1.54, 1.807) is 13.8 Å². The van der Waals surface area contributed by atoms with E-state index < -0.39 is 11.2 Å². The van der Waals surface area contributed by atoms with Gasteiger partial charge >= 0.3 is 14.5 Å². The quantitative estimate of drug-likeness (QED) is 0.688. The number of fused-ring (bicyclic) bond motifs is 8. The van der Waals surface area contributed by atoms with Crippen LogP contribution < -0.4 is 20.4 Å². The summed E-state index contributed by atoms with van der Waals surface area (Å²) in [5, 5.41) is 10.3. The van der Waals surface area contributed by atoms with Crippen LogP contribution in [0.25, 0.3) is 11.1 Å². The van der Waals surface area contributed by atoms with Crippen LogP contribution in [0.4, 0.5) is 11.4 Å². The molecule has 0 atom stereocenters. The number of hydrogen-bond donors (Lipinski definition) is 1. The predicted octanol–water partition coefficient (Wildman–Crippen LogP) is 3.14. The summed E-state index contributed by atoms with van der Waals surface area (Å²) < 4.78 is 12.5. The largest absolute Gasteiger partial charge is 0.536 e. The lowest BCUT2D eigenvalue weighted by atomic mass is 9.65. The summed E-state index contributed by atoms with van der Waals surface area (Å²) in [6.07, 6.45) is 0. The highest BCUT2D eigenvalue weighted by molar-refractivity contribution is 6.77. The number of rotatable bonds is 4. The van der Waals surface area contributed by atoms with Gasteiger partial charge in [-0.2, -0.15) is 0 Å². The Hall–Kier alpha value is -2.69. The van der Waals surface area contributed by atoms with Crippen molar-refractivity contribution in [3.8, 4) is 16.9 Å². The number of para-hydroxylation sites is 1. The lowest BCUT2D eigenvalue weighted by Gasteiger charge is -2.37. The summed E-state index contributed by atoms with van der Waals surface area (Å²) in [6, 6.07) is 23.2. The normalized spacial score (nSPS) is 14.4. The maximum absolute atomic E-state index is 10.3. The molecule has 0 saturated carbocycles. The average Bonchev–Trinajstić information content (AvgIpc) is 3.11. The van der Waals surface area contributed by atoms with Crippen LogP contribution in [0.5, 0.6) is 5.75 Å². The summed E-state index contributed by atoms with van der Waals surface area (Å²) in [5.41, 5.74) is 5.26. The first-order valence-corrected chi connectivity index (χ1v) is 10.4. The highest BCUT2D eigenvalue weighted by atomic mass is 16.5. The fourth-order valence-corrected chi connectivity index (χ4v) is 4.01. The number of hydrogen-bond acceptors (Lipinski definition) is 4. The van der Waals surface area contributed by atoms with Crippen molar-refractivity contribution in [2.75, 3.05) is 4.81 Å². The molecule has 30 heavy (non-hydrogen) atoms. The third kappa shape index (κ3) is 2.94. The summed E-state index contributed by atoms with van der Waals surface area (Å²) in [6.45, 7) is 7.35. The van der Waals surface area contributed by atoms with Crippen LogP contribution in [0.2, 0.25) is 0 Å². The Kier molecular flexibility index (Phi) is 4.28. The molecule has 0 radical (unpaired) electrons. The molecule has 0 bridgehead atoms. The van der Waals surface area contributed by atoms with Gasteiger partial charge in [0.05, 0.1) is 16.9 Å². The van der Waals surface area contributed by atoms with Gasteiger partial charge in [-0.3, -0.25) is 0 Å². The van der Waals surface area contributed by atoms with E-state index in [4.69, 9.17) is 9.31 Å². The van der Waals surface area contributed by atoms with Crippen LogP contribution in [0.3, 0.4) is 0 Å². The van der Waals surface area contributed by atoms with Gasteiger partial charge in [0.25, 0.3) is 0 Å². The van der Waals surface area contributed by atoms with Crippen LogP contribution in [-0.4, -0.2) is 30.8 Å². The highest BCUT2D eigenvalue weighted by Gasteiger charge is 2.45. The van der Waals surface area contributed by atoms with Crippen LogP contribution in [0, 0.1) is 0 Å². The Balaban J connectivity index is 1.50. The maximum Gasteiger partial charge on any atom is 0.524 e. The summed E-state index contributed by atoms with van der Waals surface area (Å²) >= 11 is 0. The van der Waals surface area contributed by atoms with Crippen LogP contribution in [-0.2, 0) is 4.65 Å². The average molecular weight is 397 g/mol. The summed E-state index contributed by atoms with van der Waals surface area (Å²) in [7, 11) is 0.237. The Labute approximate surface area is 178 Å². The van der Waals surface area contributed by atoms with E-state index in [9.17, 15) is 5.11 Å². The molecule has 3 aromatic rings. The second-order valence-corrected chi connectivity index (χ2v) is 9.10. The standard InChI is InChI=1S/C24H25B2NO3/c1-23(2,28)24(3,4)30-25-16-13-14-21-22(15-16)29-26-19-11-7-5-9-17(19)18-10-6-8-12-20(18)27(21)26/h5-15,25,28H,1-4H3. The Bertz CT molecular complexity index is 1120. The van der Waals surface area contributed by atoms with E-state index in [2.05, 4.69) is 71.5 Å². The van der Waals surface area contributed by atoms with Gasteiger partial charge in [-0.15, -0.1) is 0 Å². The fraction of sp³-hybridized carbons (Fsp3) is 0.250. The number of anilines is 2. The molecule has 0 unspecified atom stereocenters. The fourth-order valence-electron chi connectivity index (χ4n) is 4.01. The lowest BCUT2D eigenvalue weighted by molar-refractivity contribution is -0.0893. The van der Waals surface area contributed by atoms with E-state index in [1.165, 1.54) is 16.6 Å². The second-order valence-electron chi connectivity index (χ2n) is 9.10. The molecule has 0 spiro atoms. The van der Waals surface area contributed by atoms with E-state index in [0.29, 0.717) is 7.48 Å². The van der Waals surface area contributed by atoms with E-state index in [-0.39, 0.29) is 7.05 Å². The second kappa shape index (κ2) is 6.66. The van der Waals surface area contributed by atoms with Crippen LogP contribution in [0.15, 0.2) is 66.7 Å². The van der Waals surface area contributed by atoms with Crippen LogP contribution in [0.1, 0.15) is 27.7 Å².